The van der Waals surface area contributed by atoms with Crippen LogP contribution >= 0.6 is 0 Å². The Morgan fingerprint density at radius 3 is 2.56 bits per heavy atom. The highest BCUT2D eigenvalue weighted by Crippen LogP contribution is 2.40. The number of carbonyl (C=O) groups excluding carboxylic acids is 2. The van der Waals surface area contributed by atoms with Crippen molar-refractivity contribution in [3.63, 3.8) is 0 Å². The highest BCUT2D eigenvalue weighted by molar-refractivity contribution is 6.00. The fraction of sp³-hybridized carbons (Fsp3) is 0.300. The zero-order valence-corrected chi connectivity index (χ0v) is 14.4. The first kappa shape index (κ1) is 17.0. The zero-order chi connectivity index (χ0) is 18.0. The summed E-state index contributed by atoms with van der Waals surface area (Å²) in [5, 5.41) is 12.8. The van der Waals surface area contributed by atoms with Crippen LogP contribution in [0.2, 0.25) is 0 Å². The van der Waals surface area contributed by atoms with Gasteiger partial charge in [0.1, 0.15) is 5.75 Å². The number of phenols is 1. The molecule has 5 heteroatoms. The van der Waals surface area contributed by atoms with E-state index in [0.29, 0.717) is 24.6 Å². The summed E-state index contributed by atoms with van der Waals surface area (Å²) in [6.45, 7) is 4.51. The Kier molecular flexibility index (Phi) is 4.74. The van der Waals surface area contributed by atoms with Crippen molar-refractivity contribution in [1.82, 2.24) is 4.90 Å². The number of hydrogen-bond acceptors (Lipinski definition) is 3. The fourth-order valence-corrected chi connectivity index (χ4v) is 3.25. The monoisotopic (exact) mass is 338 g/mol. The first-order chi connectivity index (χ1) is 12.0. The number of carbonyl (C=O) groups is 2. The van der Waals surface area contributed by atoms with Crippen molar-refractivity contribution in [2.75, 3.05) is 11.9 Å². The zero-order valence-electron chi connectivity index (χ0n) is 14.4. The minimum atomic E-state index is -0.225. The third-order valence-electron chi connectivity index (χ3n) is 4.59. The molecule has 2 atom stereocenters. The van der Waals surface area contributed by atoms with Crippen molar-refractivity contribution in [2.45, 2.75) is 26.3 Å². The van der Waals surface area contributed by atoms with Gasteiger partial charge in [-0.05, 0) is 29.7 Å². The average Bonchev–Trinajstić information content (AvgIpc) is 2.61. The summed E-state index contributed by atoms with van der Waals surface area (Å²) in [5.74, 6) is -0.0804. The van der Waals surface area contributed by atoms with Crippen molar-refractivity contribution < 1.29 is 14.7 Å². The van der Waals surface area contributed by atoms with Crippen LogP contribution in [0.4, 0.5) is 5.69 Å². The molecule has 1 saturated heterocycles. The molecule has 1 heterocycles. The molecule has 5 nitrogen and oxygen atoms in total. The molecule has 1 aliphatic rings. The van der Waals surface area contributed by atoms with E-state index >= 15 is 0 Å². The van der Waals surface area contributed by atoms with E-state index in [1.54, 1.807) is 17.9 Å². The van der Waals surface area contributed by atoms with Gasteiger partial charge in [-0.1, -0.05) is 44.2 Å². The number of phenolic OH excluding ortho intramolecular Hbond substituents is 1. The molecule has 0 spiro atoms. The van der Waals surface area contributed by atoms with E-state index in [1.165, 1.54) is 12.1 Å². The average molecular weight is 338 g/mol. The lowest BCUT2D eigenvalue weighted by atomic mass is 9.84. The summed E-state index contributed by atoms with van der Waals surface area (Å²) in [7, 11) is 0. The molecule has 1 fully saturated rings. The summed E-state index contributed by atoms with van der Waals surface area (Å²) >= 11 is 0. The normalized spacial score (nSPS) is 19.2. The number of hydrogen-bond donors (Lipinski definition) is 2. The van der Waals surface area contributed by atoms with Crippen LogP contribution in [-0.2, 0) is 4.79 Å². The third kappa shape index (κ3) is 3.36. The van der Waals surface area contributed by atoms with E-state index in [2.05, 4.69) is 12.2 Å². The van der Waals surface area contributed by atoms with Gasteiger partial charge in [-0.2, -0.15) is 0 Å². The lowest BCUT2D eigenvalue weighted by molar-refractivity contribution is -0.115. The Hall–Kier alpha value is -2.82. The van der Waals surface area contributed by atoms with Crippen LogP contribution < -0.4 is 5.32 Å². The number of rotatable bonds is 4. The highest BCUT2D eigenvalue weighted by Gasteiger charge is 2.40. The minimum Gasteiger partial charge on any atom is -0.507 e. The van der Waals surface area contributed by atoms with Gasteiger partial charge in [0.05, 0.1) is 11.6 Å². The Morgan fingerprint density at radius 2 is 1.92 bits per heavy atom. The number of nitrogens with zero attached hydrogens (tertiary/aromatic N) is 1. The standard InChI is InChI=1S/C20H22N2O3/c1-3-18(24)21-15-9-10-17(23)16(11-15)20(25)22-12-13(2)19(22)14-7-5-4-6-8-14/h4-11,13,19,23H,3,12H2,1-2H3,(H,21,24)/t13-,19+/m1/s1. The second-order valence-corrected chi connectivity index (χ2v) is 6.42. The number of amides is 2. The largest absolute Gasteiger partial charge is 0.507 e. The molecule has 0 saturated carbocycles. The molecule has 2 amide bonds. The molecular weight excluding hydrogens is 316 g/mol. The summed E-state index contributed by atoms with van der Waals surface area (Å²) in [4.78, 5) is 26.3. The van der Waals surface area contributed by atoms with E-state index in [-0.39, 0.29) is 29.2 Å². The molecule has 130 valence electrons. The number of aromatic hydroxyl groups is 1. The van der Waals surface area contributed by atoms with Gasteiger partial charge < -0.3 is 15.3 Å². The van der Waals surface area contributed by atoms with Crippen molar-refractivity contribution in [2.24, 2.45) is 5.92 Å². The smallest absolute Gasteiger partial charge is 0.258 e. The van der Waals surface area contributed by atoms with Crippen LogP contribution in [0, 0.1) is 5.92 Å². The van der Waals surface area contributed by atoms with E-state index in [0.717, 1.165) is 5.56 Å². The van der Waals surface area contributed by atoms with E-state index in [9.17, 15) is 14.7 Å². The van der Waals surface area contributed by atoms with Crippen molar-refractivity contribution >= 4 is 17.5 Å². The molecule has 2 aromatic rings. The van der Waals surface area contributed by atoms with Gasteiger partial charge in [0.15, 0.2) is 0 Å². The summed E-state index contributed by atoms with van der Waals surface area (Å²) in [6, 6.07) is 14.5. The number of likely N-dealkylation sites (tertiary alicyclic amines) is 1. The Morgan fingerprint density at radius 1 is 1.20 bits per heavy atom. The molecule has 0 radical (unpaired) electrons. The maximum Gasteiger partial charge on any atom is 0.258 e. The molecule has 3 rings (SSSR count). The van der Waals surface area contributed by atoms with Crippen LogP contribution in [0.15, 0.2) is 48.5 Å². The number of benzene rings is 2. The molecule has 1 aliphatic heterocycles. The summed E-state index contributed by atoms with van der Waals surface area (Å²) < 4.78 is 0. The molecule has 0 aliphatic carbocycles. The van der Waals surface area contributed by atoms with E-state index in [4.69, 9.17) is 0 Å². The molecule has 0 aromatic heterocycles. The Labute approximate surface area is 147 Å². The maximum absolute atomic E-state index is 12.9. The maximum atomic E-state index is 12.9. The molecule has 2 N–H and O–H groups in total. The molecule has 25 heavy (non-hydrogen) atoms. The Balaban J connectivity index is 1.85. The molecular formula is C20H22N2O3. The lowest BCUT2D eigenvalue weighted by Crippen LogP contribution is -2.51. The second kappa shape index (κ2) is 6.97. The molecule has 0 unspecified atom stereocenters. The number of nitrogens with one attached hydrogen (secondary N) is 1. The van der Waals surface area contributed by atoms with Crippen molar-refractivity contribution in [3.8, 4) is 5.75 Å². The molecule has 0 bridgehead atoms. The predicted molar refractivity (Wildman–Crippen MR) is 96.4 cm³/mol. The number of anilines is 1. The lowest BCUT2D eigenvalue weighted by Gasteiger charge is -2.47. The quantitative estimate of drug-likeness (QED) is 0.837. The topological polar surface area (TPSA) is 69.6 Å². The minimum absolute atomic E-state index is 0.00184. The van der Waals surface area contributed by atoms with Gasteiger partial charge in [-0.15, -0.1) is 0 Å². The fourth-order valence-electron chi connectivity index (χ4n) is 3.25. The SMILES string of the molecule is CCC(=O)Nc1ccc(O)c(C(=O)N2C[C@@H](C)[C@H]2c2ccccc2)c1. The van der Waals surface area contributed by atoms with Crippen LogP contribution in [0.5, 0.6) is 5.75 Å². The van der Waals surface area contributed by atoms with E-state index < -0.39 is 0 Å². The third-order valence-corrected chi connectivity index (χ3v) is 4.59. The van der Waals surface area contributed by atoms with Crippen molar-refractivity contribution in [1.29, 1.82) is 0 Å². The van der Waals surface area contributed by atoms with Crippen molar-refractivity contribution in [3.05, 3.63) is 59.7 Å². The van der Waals surface area contributed by atoms with Gasteiger partial charge in [0, 0.05) is 18.7 Å². The molecule has 2 aromatic carbocycles. The van der Waals surface area contributed by atoms with Gasteiger partial charge in [-0.25, -0.2) is 0 Å². The first-order valence-corrected chi connectivity index (χ1v) is 8.50. The van der Waals surface area contributed by atoms with Gasteiger partial charge >= 0.3 is 0 Å². The predicted octanol–water partition coefficient (Wildman–Crippen LogP) is 3.57. The van der Waals surface area contributed by atoms with Crippen LogP contribution in [0.1, 0.15) is 42.2 Å². The van der Waals surface area contributed by atoms with E-state index in [1.807, 2.05) is 30.3 Å². The van der Waals surface area contributed by atoms with Crippen LogP contribution in [0.3, 0.4) is 0 Å². The van der Waals surface area contributed by atoms with Gasteiger partial charge in [0.2, 0.25) is 5.91 Å². The summed E-state index contributed by atoms with van der Waals surface area (Å²) in [5.41, 5.74) is 1.81. The summed E-state index contributed by atoms with van der Waals surface area (Å²) in [6.07, 6.45) is 0.351. The van der Waals surface area contributed by atoms with Gasteiger partial charge in [0.25, 0.3) is 5.91 Å². The van der Waals surface area contributed by atoms with Crippen LogP contribution in [0.25, 0.3) is 0 Å². The van der Waals surface area contributed by atoms with Crippen LogP contribution in [-0.4, -0.2) is 28.4 Å². The highest BCUT2D eigenvalue weighted by atomic mass is 16.3. The second-order valence-electron chi connectivity index (χ2n) is 6.42. The Bertz CT molecular complexity index is 789. The van der Waals surface area contributed by atoms with Gasteiger partial charge in [-0.3, -0.25) is 9.59 Å². The first-order valence-electron chi connectivity index (χ1n) is 8.50.